The summed E-state index contributed by atoms with van der Waals surface area (Å²) < 4.78 is 17.3. The Balaban J connectivity index is 1.77. The molecule has 2 bridgehead atoms. The van der Waals surface area contributed by atoms with Gasteiger partial charge in [-0.15, -0.1) is 0 Å². The SMILES string of the molecule is CCCOc1ccc(OCCC)c2c1[C@H]1c3ccccc3[C@@H]2[C@@H]2C(=O)OC(=O)[C@H]12. The average Bonchev–Trinajstić information content (AvgIpc) is 3.05. The third kappa shape index (κ3) is 2.53. The molecule has 1 heterocycles. The van der Waals surface area contributed by atoms with Gasteiger partial charge in [-0.3, -0.25) is 9.59 Å². The summed E-state index contributed by atoms with van der Waals surface area (Å²) in [6.45, 7) is 5.32. The molecule has 0 aromatic heterocycles. The van der Waals surface area contributed by atoms with Crippen molar-refractivity contribution in [3.8, 4) is 11.5 Å². The minimum atomic E-state index is -0.500. The second-order valence-corrected chi connectivity index (χ2v) is 7.96. The van der Waals surface area contributed by atoms with Crippen LogP contribution in [0.2, 0.25) is 0 Å². The fourth-order valence-electron chi connectivity index (χ4n) is 5.26. The van der Waals surface area contributed by atoms with Crippen LogP contribution in [0.25, 0.3) is 0 Å². The van der Waals surface area contributed by atoms with Crippen molar-refractivity contribution in [2.45, 2.75) is 38.5 Å². The standard InChI is InChI=1S/C24H24O5/c1-3-11-27-15-9-10-16(28-12-4-2)20-18-14-8-6-5-7-13(14)17(19(15)20)21-22(18)24(26)29-23(21)25/h5-10,17-18,21-22H,3-4,11-12H2,1-2H3/t17-,18+,21-,22+. The Bertz CT molecular complexity index is 917. The van der Waals surface area contributed by atoms with Crippen molar-refractivity contribution in [3.63, 3.8) is 0 Å². The van der Waals surface area contributed by atoms with E-state index >= 15 is 0 Å². The Kier molecular flexibility index (Phi) is 4.34. The van der Waals surface area contributed by atoms with Crippen LogP contribution in [0.4, 0.5) is 0 Å². The molecule has 0 amide bonds. The van der Waals surface area contributed by atoms with Gasteiger partial charge in [-0.05, 0) is 36.1 Å². The van der Waals surface area contributed by atoms with Crippen LogP contribution in [0.1, 0.15) is 60.8 Å². The third-order valence-electron chi connectivity index (χ3n) is 6.27. The third-order valence-corrected chi connectivity index (χ3v) is 6.27. The topological polar surface area (TPSA) is 61.8 Å². The molecule has 1 fully saturated rings. The van der Waals surface area contributed by atoms with E-state index < -0.39 is 23.8 Å². The first kappa shape index (κ1) is 18.2. The molecule has 0 saturated carbocycles. The van der Waals surface area contributed by atoms with E-state index in [4.69, 9.17) is 14.2 Å². The summed E-state index contributed by atoms with van der Waals surface area (Å²) in [4.78, 5) is 25.4. The van der Waals surface area contributed by atoms with Gasteiger partial charge in [-0.25, -0.2) is 0 Å². The van der Waals surface area contributed by atoms with Crippen LogP contribution in [-0.4, -0.2) is 25.2 Å². The minimum absolute atomic E-state index is 0.257. The predicted octanol–water partition coefficient (Wildman–Crippen LogP) is 4.17. The minimum Gasteiger partial charge on any atom is -0.493 e. The summed E-state index contributed by atoms with van der Waals surface area (Å²) in [5.41, 5.74) is 4.16. The Morgan fingerprint density at radius 2 is 1.21 bits per heavy atom. The van der Waals surface area contributed by atoms with Crippen molar-refractivity contribution in [2.24, 2.45) is 11.8 Å². The molecule has 3 aliphatic carbocycles. The van der Waals surface area contributed by atoms with Crippen LogP contribution in [-0.2, 0) is 14.3 Å². The first-order valence-electron chi connectivity index (χ1n) is 10.4. The fourth-order valence-corrected chi connectivity index (χ4v) is 5.26. The van der Waals surface area contributed by atoms with Crippen LogP contribution < -0.4 is 9.47 Å². The zero-order valence-electron chi connectivity index (χ0n) is 16.6. The van der Waals surface area contributed by atoms with Gasteiger partial charge in [0.2, 0.25) is 0 Å². The summed E-state index contributed by atoms with van der Waals surface area (Å²) in [6.07, 6.45) is 1.78. The second kappa shape index (κ2) is 6.90. The van der Waals surface area contributed by atoms with E-state index in [0.717, 1.165) is 46.6 Å². The zero-order chi connectivity index (χ0) is 20.1. The van der Waals surface area contributed by atoms with Gasteiger partial charge in [-0.2, -0.15) is 0 Å². The van der Waals surface area contributed by atoms with Gasteiger partial charge in [0.05, 0.1) is 25.0 Å². The molecule has 29 heavy (non-hydrogen) atoms. The lowest BCUT2D eigenvalue weighted by atomic mass is 9.54. The Hall–Kier alpha value is -2.82. The molecular weight excluding hydrogens is 368 g/mol. The maximum Gasteiger partial charge on any atom is 0.318 e. The number of cyclic esters (lactones) is 2. The normalized spacial score (nSPS) is 25.9. The van der Waals surface area contributed by atoms with E-state index in [1.807, 2.05) is 24.3 Å². The van der Waals surface area contributed by atoms with E-state index in [1.165, 1.54) is 0 Å². The van der Waals surface area contributed by atoms with Gasteiger partial charge in [0.1, 0.15) is 11.5 Å². The molecule has 2 aromatic carbocycles. The molecule has 1 aliphatic heterocycles. The lowest BCUT2D eigenvalue weighted by Gasteiger charge is -2.46. The van der Waals surface area contributed by atoms with Crippen molar-refractivity contribution < 1.29 is 23.8 Å². The van der Waals surface area contributed by atoms with Crippen LogP contribution in [0.5, 0.6) is 11.5 Å². The summed E-state index contributed by atoms with van der Waals surface area (Å²) >= 11 is 0. The Morgan fingerprint density at radius 3 is 1.62 bits per heavy atom. The molecule has 5 nitrogen and oxygen atoms in total. The Morgan fingerprint density at radius 1 is 0.759 bits per heavy atom. The van der Waals surface area contributed by atoms with E-state index in [9.17, 15) is 9.59 Å². The number of rotatable bonds is 6. The second-order valence-electron chi connectivity index (χ2n) is 7.96. The Labute approximate surface area is 170 Å². The molecule has 5 heteroatoms. The molecule has 2 aromatic rings. The molecule has 4 aliphatic rings. The summed E-state index contributed by atoms with van der Waals surface area (Å²) in [6, 6.07) is 12.0. The number of carbonyl (C=O) groups excluding carboxylic acids is 2. The largest absolute Gasteiger partial charge is 0.493 e. The lowest BCUT2D eigenvalue weighted by Crippen LogP contribution is -2.42. The highest BCUT2D eigenvalue weighted by Gasteiger charge is 2.62. The highest BCUT2D eigenvalue weighted by atomic mass is 16.6. The average molecular weight is 392 g/mol. The summed E-state index contributed by atoms with van der Waals surface area (Å²) in [7, 11) is 0. The molecule has 0 spiro atoms. The van der Waals surface area contributed by atoms with Crippen LogP contribution >= 0.6 is 0 Å². The number of ether oxygens (including phenoxy) is 3. The van der Waals surface area contributed by atoms with Crippen LogP contribution in [0.15, 0.2) is 36.4 Å². The molecule has 6 rings (SSSR count). The number of carbonyl (C=O) groups is 2. The van der Waals surface area contributed by atoms with Crippen molar-refractivity contribution in [3.05, 3.63) is 58.7 Å². The number of benzene rings is 2. The van der Waals surface area contributed by atoms with Gasteiger partial charge < -0.3 is 14.2 Å². The van der Waals surface area contributed by atoms with Crippen molar-refractivity contribution >= 4 is 11.9 Å². The molecule has 0 unspecified atom stereocenters. The maximum absolute atomic E-state index is 12.7. The van der Waals surface area contributed by atoms with Gasteiger partial charge in [0.15, 0.2) is 0 Å². The van der Waals surface area contributed by atoms with Crippen molar-refractivity contribution in [1.82, 2.24) is 0 Å². The molecule has 1 saturated heterocycles. The first-order valence-corrected chi connectivity index (χ1v) is 10.4. The fraction of sp³-hybridized carbons (Fsp3) is 0.417. The first-order chi connectivity index (χ1) is 14.2. The highest BCUT2D eigenvalue weighted by Crippen LogP contribution is 2.64. The van der Waals surface area contributed by atoms with E-state index in [1.54, 1.807) is 0 Å². The molecule has 150 valence electrons. The van der Waals surface area contributed by atoms with Crippen molar-refractivity contribution in [1.29, 1.82) is 0 Å². The van der Waals surface area contributed by atoms with E-state index in [0.29, 0.717) is 13.2 Å². The predicted molar refractivity (Wildman–Crippen MR) is 106 cm³/mol. The quantitative estimate of drug-likeness (QED) is 0.545. The van der Waals surface area contributed by atoms with Crippen LogP contribution in [0, 0.1) is 11.8 Å². The van der Waals surface area contributed by atoms with Gasteiger partial charge in [0, 0.05) is 23.0 Å². The van der Waals surface area contributed by atoms with E-state index in [2.05, 4.69) is 26.0 Å². The monoisotopic (exact) mass is 392 g/mol. The lowest BCUT2D eigenvalue weighted by molar-refractivity contribution is -0.153. The van der Waals surface area contributed by atoms with Crippen LogP contribution in [0.3, 0.4) is 0 Å². The summed E-state index contributed by atoms with van der Waals surface area (Å²) in [5, 5.41) is 0. The van der Waals surface area contributed by atoms with E-state index in [-0.39, 0.29) is 11.8 Å². The molecule has 0 N–H and O–H groups in total. The van der Waals surface area contributed by atoms with Crippen molar-refractivity contribution in [2.75, 3.05) is 13.2 Å². The molecular formula is C24H24O5. The summed E-state index contributed by atoms with van der Waals surface area (Å²) in [5.74, 6) is -0.797. The smallest absolute Gasteiger partial charge is 0.318 e. The maximum atomic E-state index is 12.7. The number of esters is 2. The highest BCUT2D eigenvalue weighted by molar-refractivity contribution is 6.00. The van der Waals surface area contributed by atoms with Gasteiger partial charge in [0.25, 0.3) is 0 Å². The van der Waals surface area contributed by atoms with Gasteiger partial charge >= 0.3 is 11.9 Å². The zero-order valence-corrected chi connectivity index (χ0v) is 16.6. The number of hydrogen-bond donors (Lipinski definition) is 0. The molecule has 4 atom stereocenters. The molecule has 0 radical (unpaired) electrons. The van der Waals surface area contributed by atoms with Gasteiger partial charge in [-0.1, -0.05) is 38.1 Å². The number of hydrogen-bond acceptors (Lipinski definition) is 5.